The molecule has 0 fully saturated rings. The molecule has 0 aliphatic carbocycles. The fourth-order valence-electron chi connectivity index (χ4n) is 1.62. The first-order valence-electron chi connectivity index (χ1n) is 6.85. The van der Waals surface area contributed by atoms with Crippen molar-refractivity contribution < 1.29 is 18.9 Å². The summed E-state index contributed by atoms with van der Waals surface area (Å²) in [5.41, 5.74) is 1.10. The Labute approximate surface area is 139 Å². The lowest BCUT2D eigenvalue weighted by atomic mass is 10.1. The minimum absolute atomic E-state index is 0.00354. The molecule has 4 nitrogen and oxygen atoms in total. The molecule has 0 bridgehead atoms. The smallest absolute Gasteiger partial charge is 0.0922 e. The molecule has 0 amide bonds. The highest BCUT2D eigenvalue weighted by Crippen LogP contribution is 2.21. The third-order valence-electron chi connectivity index (χ3n) is 2.73. The number of methoxy groups -OCH3 is 1. The Hall–Kier alpha value is -0.170. The summed E-state index contributed by atoms with van der Waals surface area (Å²) >= 11 is 9.33. The van der Waals surface area contributed by atoms with E-state index in [9.17, 15) is 0 Å². The predicted octanol–water partition coefficient (Wildman–Crippen LogP) is 3.47. The first-order valence-corrected chi connectivity index (χ1v) is 8.35. The maximum atomic E-state index is 5.87. The van der Waals surface area contributed by atoms with Gasteiger partial charge in [0.1, 0.15) is 0 Å². The summed E-state index contributed by atoms with van der Waals surface area (Å²) in [6.45, 7) is 3.42. The van der Waals surface area contributed by atoms with Gasteiger partial charge in [0.2, 0.25) is 0 Å². The molecule has 6 heteroatoms. The molecular formula is C15H22BrClO4. The minimum Gasteiger partial charge on any atom is -0.382 e. The average Bonchev–Trinajstić information content (AvgIpc) is 2.51. The largest absolute Gasteiger partial charge is 0.382 e. The average molecular weight is 382 g/mol. The van der Waals surface area contributed by atoms with Crippen molar-refractivity contribution in [3.05, 3.63) is 34.9 Å². The van der Waals surface area contributed by atoms with Gasteiger partial charge in [-0.1, -0.05) is 39.7 Å². The zero-order valence-corrected chi connectivity index (χ0v) is 14.6. The second-order valence-electron chi connectivity index (χ2n) is 4.28. The van der Waals surface area contributed by atoms with Gasteiger partial charge < -0.3 is 18.9 Å². The number of halogens is 2. The van der Waals surface area contributed by atoms with Crippen LogP contribution in [0, 0.1) is 0 Å². The molecule has 0 N–H and O–H groups in total. The first-order chi connectivity index (χ1) is 10.3. The summed E-state index contributed by atoms with van der Waals surface area (Å²) in [6, 6.07) is 7.67. The van der Waals surface area contributed by atoms with Crippen molar-refractivity contribution in [2.75, 3.05) is 52.1 Å². The summed E-state index contributed by atoms with van der Waals surface area (Å²) < 4.78 is 21.4. The van der Waals surface area contributed by atoms with Crippen molar-refractivity contribution in [3.8, 4) is 0 Å². The van der Waals surface area contributed by atoms with Crippen molar-refractivity contribution >= 4 is 27.5 Å². The first kappa shape index (κ1) is 18.9. The number of rotatable bonds is 12. The van der Waals surface area contributed by atoms with Gasteiger partial charge in [0.05, 0.1) is 45.7 Å². The van der Waals surface area contributed by atoms with Crippen LogP contribution in [0.2, 0.25) is 5.02 Å². The molecule has 21 heavy (non-hydrogen) atoms. The Balaban J connectivity index is 2.08. The van der Waals surface area contributed by atoms with Crippen LogP contribution in [0.3, 0.4) is 0 Å². The Morgan fingerprint density at radius 2 is 1.52 bits per heavy atom. The molecule has 0 aliphatic heterocycles. The van der Waals surface area contributed by atoms with Crippen LogP contribution < -0.4 is 0 Å². The van der Waals surface area contributed by atoms with E-state index >= 15 is 0 Å². The van der Waals surface area contributed by atoms with Crippen LogP contribution in [-0.4, -0.2) is 52.1 Å². The maximum absolute atomic E-state index is 5.87. The lowest BCUT2D eigenvalue weighted by Gasteiger charge is -2.16. The molecule has 0 aromatic heterocycles. The lowest BCUT2D eigenvalue weighted by molar-refractivity contribution is -0.0113. The quantitative estimate of drug-likeness (QED) is 0.410. The van der Waals surface area contributed by atoms with Gasteiger partial charge in [-0.25, -0.2) is 0 Å². The zero-order chi connectivity index (χ0) is 15.3. The maximum Gasteiger partial charge on any atom is 0.0922 e. The molecule has 1 unspecified atom stereocenters. The Morgan fingerprint density at radius 1 is 0.952 bits per heavy atom. The summed E-state index contributed by atoms with van der Waals surface area (Å²) in [6.07, 6.45) is 0.00354. The van der Waals surface area contributed by atoms with Crippen LogP contribution in [0.15, 0.2) is 24.3 Å². The highest BCUT2D eigenvalue weighted by Gasteiger charge is 2.10. The van der Waals surface area contributed by atoms with E-state index in [0.717, 1.165) is 15.9 Å². The molecule has 0 spiro atoms. The van der Waals surface area contributed by atoms with E-state index < -0.39 is 0 Å². The standard InChI is InChI=1S/C15H22BrClO4/c1-18-6-7-19-8-9-20-10-11-21-15(12-16)13-2-4-14(17)5-3-13/h2-5,15H,6-12H2,1H3. The summed E-state index contributed by atoms with van der Waals surface area (Å²) in [5.74, 6) is 0. The molecule has 120 valence electrons. The fraction of sp³-hybridized carbons (Fsp3) is 0.600. The number of hydrogen-bond acceptors (Lipinski definition) is 4. The highest BCUT2D eigenvalue weighted by molar-refractivity contribution is 9.09. The number of alkyl halides is 1. The SMILES string of the molecule is COCCOCCOCCOC(CBr)c1ccc(Cl)cc1. The molecule has 1 aromatic rings. The summed E-state index contributed by atoms with van der Waals surface area (Å²) in [5, 5.41) is 1.46. The van der Waals surface area contributed by atoms with Crippen LogP contribution in [0.1, 0.15) is 11.7 Å². The van der Waals surface area contributed by atoms with Gasteiger partial charge in [-0.05, 0) is 17.7 Å². The number of benzene rings is 1. The van der Waals surface area contributed by atoms with Crippen LogP contribution >= 0.6 is 27.5 Å². The van der Waals surface area contributed by atoms with Crippen molar-refractivity contribution in [1.29, 1.82) is 0 Å². The van der Waals surface area contributed by atoms with Gasteiger partial charge in [0.15, 0.2) is 0 Å². The predicted molar refractivity (Wildman–Crippen MR) is 87.5 cm³/mol. The second-order valence-corrected chi connectivity index (χ2v) is 5.37. The molecule has 0 saturated heterocycles. The van der Waals surface area contributed by atoms with Gasteiger partial charge >= 0.3 is 0 Å². The normalized spacial score (nSPS) is 12.5. The number of hydrogen-bond donors (Lipinski definition) is 0. The van der Waals surface area contributed by atoms with Crippen molar-refractivity contribution in [2.24, 2.45) is 0 Å². The molecule has 1 aromatic carbocycles. The minimum atomic E-state index is 0.00354. The van der Waals surface area contributed by atoms with Crippen LogP contribution in [-0.2, 0) is 18.9 Å². The van der Waals surface area contributed by atoms with E-state index in [2.05, 4.69) is 15.9 Å². The van der Waals surface area contributed by atoms with E-state index in [-0.39, 0.29) is 6.10 Å². The van der Waals surface area contributed by atoms with E-state index in [4.69, 9.17) is 30.5 Å². The van der Waals surface area contributed by atoms with Crippen molar-refractivity contribution in [1.82, 2.24) is 0 Å². The molecule has 0 aliphatic rings. The van der Waals surface area contributed by atoms with E-state index in [1.54, 1.807) is 7.11 Å². The molecule has 0 saturated carbocycles. The second kappa shape index (κ2) is 12.4. The molecule has 0 radical (unpaired) electrons. The molecule has 1 atom stereocenters. The van der Waals surface area contributed by atoms with Crippen LogP contribution in [0.5, 0.6) is 0 Å². The van der Waals surface area contributed by atoms with Crippen molar-refractivity contribution in [3.63, 3.8) is 0 Å². The lowest BCUT2D eigenvalue weighted by Crippen LogP contribution is -2.13. The van der Waals surface area contributed by atoms with Gasteiger partial charge in [-0.15, -0.1) is 0 Å². The zero-order valence-electron chi connectivity index (χ0n) is 12.2. The Kier molecular flexibility index (Phi) is 11.1. The van der Waals surface area contributed by atoms with Gasteiger partial charge in [-0.3, -0.25) is 0 Å². The Bertz CT molecular complexity index is 361. The summed E-state index contributed by atoms with van der Waals surface area (Å²) in [4.78, 5) is 0. The topological polar surface area (TPSA) is 36.9 Å². The highest BCUT2D eigenvalue weighted by atomic mass is 79.9. The van der Waals surface area contributed by atoms with Gasteiger partial charge in [0, 0.05) is 17.5 Å². The molecule has 0 heterocycles. The third-order valence-corrected chi connectivity index (χ3v) is 3.57. The van der Waals surface area contributed by atoms with E-state index in [1.165, 1.54) is 0 Å². The monoisotopic (exact) mass is 380 g/mol. The van der Waals surface area contributed by atoms with E-state index in [1.807, 2.05) is 24.3 Å². The van der Waals surface area contributed by atoms with E-state index in [0.29, 0.717) is 39.6 Å². The van der Waals surface area contributed by atoms with Crippen LogP contribution in [0.4, 0.5) is 0 Å². The number of ether oxygens (including phenoxy) is 4. The Morgan fingerprint density at radius 3 is 2.10 bits per heavy atom. The van der Waals surface area contributed by atoms with Crippen LogP contribution in [0.25, 0.3) is 0 Å². The third kappa shape index (κ3) is 8.76. The summed E-state index contributed by atoms with van der Waals surface area (Å²) in [7, 11) is 1.65. The van der Waals surface area contributed by atoms with Crippen molar-refractivity contribution in [2.45, 2.75) is 6.10 Å². The molecular weight excluding hydrogens is 360 g/mol. The van der Waals surface area contributed by atoms with Gasteiger partial charge in [-0.2, -0.15) is 0 Å². The molecule has 1 rings (SSSR count). The fourth-order valence-corrected chi connectivity index (χ4v) is 2.31. The van der Waals surface area contributed by atoms with Gasteiger partial charge in [0.25, 0.3) is 0 Å².